The van der Waals surface area contributed by atoms with Gasteiger partial charge in [0, 0.05) is 32.4 Å². The molecule has 0 unspecified atom stereocenters. The van der Waals surface area contributed by atoms with E-state index < -0.39 is 15.8 Å². The molecule has 1 fully saturated rings. The second-order valence-electron chi connectivity index (χ2n) is 5.76. The second kappa shape index (κ2) is 7.17. The molecule has 25 heavy (non-hydrogen) atoms. The zero-order chi connectivity index (χ0) is 17.9. The van der Waals surface area contributed by atoms with Crippen LogP contribution in [0.1, 0.15) is 11.1 Å². The standard InChI is InChI=1S/C17H17FN4O2S/c18-16-5-3-14(4-6-16)13-25(23,24)22-10-8-21(9-11-22)17-15(12-19)2-1-7-20-17/h1-7H,8-11,13H2. The van der Waals surface area contributed by atoms with Crippen molar-refractivity contribution < 1.29 is 12.8 Å². The molecule has 3 rings (SSSR count). The van der Waals surface area contributed by atoms with Crippen molar-refractivity contribution in [3.8, 4) is 6.07 Å². The Morgan fingerprint density at radius 2 is 1.80 bits per heavy atom. The maximum Gasteiger partial charge on any atom is 0.218 e. The normalized spacial score (nSPS) is 15.8. The van der Waals surface area contributed by atoms with Crippen molar-refractivity contribution >= 4 is 15.8 Å². The molecule has 0 N–H and O–H groups in total. The van der Waals surface area contributed by atoms with Crippen LogP contribution in [-0.2, 0) is 15.8 Å². The van der Waals surface area contributed by atoms with Crippen molar-refractivity contribution in [3.63, 3.8) is 0 Å². The van der Waals surface area contributed by atoms with Gasteiger partial charge < -0.3 is 4.90 Å². The maximum atomic E-state index is 12.9. The molecule has 1 aliphatic rings. The topological polar surface area (TPSA) is 77.3 Å². The average molecular weight is 360 g/mol. The number of anilines is 1. The van der Waals surface area contributed by atoms with Crippen LogP contribution in [0.5, 0.6) is 0 Å². The van der Waals surface area contributed by atoms with E-state index in [-0.39, 0.29) is 5.75 Å². The molecule has 8 heteroatoms. The summed E-state index contributed by atoms with van der Waals surface area (Å²) in [6.07, 6.45) is 1.62. The summed E-state index contributed by atoms with van der Waals surface area (Å²) in [5.74, 6) is 0.0411. The smallest absolute Gasteiger partial charge is 0.218 e. The summed E-state index contributed by atoms with van der Waals surface area (Å²) < 4.78 is 39.5. The molecular weight excluding hydrogens is 343 g/mol. The van der Waals surface area contributed by atoms with Crippen LogP contribution in [0.4, 0.5) is 10.2 Å². The Morgan fingerprint density at radius 3 is 2.44 bits per heavy atom. The van der Waals surface area contributed by atoms with Crippen molar-refractivity contribution in [1.82, 2.24) is 9.29 Å². The van der Waals surface area contributed by atoms with Gasteiger partial charge >= 0.3 is 0 Å². The number of piperazine rings is 1. The van der Waals surface area contributed by atoms with Crippen molar-refractivity contribution in [3.05, 3.63) is 59.5 Å². The van der Waals surface area contributed by atoms with E-state index >= 15 is 0 Å². The third-order valence-corrected chi connectivity index (χ3v) is 5.95. The fraction of sp³-hybridized carbons (Fsp3) is 0.294. The van der Waals surface area contributed by atoms with Gasteiger partial charge in [0.2, 0.25) is 10.0 Å². The number of halogens is 1. The molecule has 2 heterocycles. The van der Waals surface area contributed by atoms with Gasteiger partial charge in [-0.05, 0) is 29.8 Å². The van der Waals surface area contributed by atoms with E-state index in [0.29, 0.717) is 43.1 Å². The molecule has 1 saturated heterocycles. The maximum absolute atomic E-state index is 12.9. The van der Waals surface area contributed by atoms with Gasteiger partial charge in [0.05, 0.1) is 11.3 Å². The van der Waals surface area contributed by atoms with E-state index in [2.05, 4.69) is 11.1 Å². The lowest BCUT2D eigenvalue weighted by Gasteiger charge is -2.35. The van der Waals surface area contributed by atoms with Crippen molar-refractivity contribution in [2.75, 3.05) is 31.1 Å². The van der Waals surface area contributed by atoms with Crippen LogP contribution in [0.25, 0.3) is 0 Å². The third kappa shape index (κ3) is 3.95. The zero-order valence-corrected chi connectivity index (χ0v) is 14.3. The average Bonchev–Trinajstić information content (AvgIpc) is 2.63. The van der Waals surface area contributed by atoms with E-state index in [1.807, 2.05) is 4.90 Å². The van der Waals surface area contributed by atoms with Gasteiger partial charge in [-0.1, -0.05) is 12.1 Å². The molecule has 0 atom stereocenters. The molecular formula is C17H17FN4O2S. The minimum Gasteiger partial charge on any atom is -0.353 e. The highest BCUT2D eigenvalue weighted by Crippen LogP contribution is 2.20. The van der Waals surface area contributed by atoms with E-state index in [4.69, 9.17) is 5.26 Å². The van der Waals surface area contributed by atoms with Crippen molar-refractivity contribution in [2.24, 2.45) is 0 Å². The number of nitrogens with zero attached hydrogens (tertiary/aromatic N) is 4. The molecule has 0 radical (unpaired) electrons. The van der Waals surface area contributed by atoms with Gasteiger partial charge in [-0.15, -0.1) is 0 Å². The summed E-state index contributed by atoms with van der Waals surface area (Å²) in [6.45, 7) is 1.58. The lowest BCUT2D eigenvalue weighted by molar-refractivity contribution is 0.383. The molecule has 0 bridgehead atoms. The number of hydrogen-bond donors (Lipinski definition) is 0. The van der Waals surface area contributed by atoms with E-state index in [0.717, 1.165) is 0 Å². The Morgan fingerprint density at radius 1 is 1.12 bits per heavy atom. The molecule has 0 spiro atoms. The predicted octanol–water partition coefficient (Wildman–Crippen LogP) is 1.74. The quantitative estimate of drug-likeness (QED) is 0.830. The first-order valence-corrected chi connectivity index (χ1v) is 9.43. The van der Waals surface area contributed by atoms with Crippen LogP contribution in [0.3, 0.4) is 0 Å². The minimum absolute atomic E-state index is 0.152. The largest absolute Gasteiger partial charge is 0.353 e. The van der Waals surface area contributed by atoms with Crippen molar-refractivity contribution in [2.45, 2.75) is 5.75 Å². The SMILES string of the molecule is N#Cc1cccnc1N1CCN(S(=O)(=O)Cc2ccc(F)cc2)CC1. The molecule has 1 aromatic heterocycles. The highest BCUT2D eigenvalue weighted by Gasteiger charge is 2.28. The summed E-state index contributed by atoms with van der Waals surface area (Å²) in [7, 11) is -3.47. The first kappa shape index (κ1) is 17.3. The molecule has 2 aromatic rings. The van der Waals surface area contributed by atoms with Gasteiger partial charge in [-0.3, -0.25) is 0 Å². The number of benzene rings is 1. The van der Waals surface area contributed by atoms with Crippen LogP contribution in [0, 0.1) is 17.1 Å². The van der Waals surface area contributed by atoms with Crippen LogP contribution >= 0.6 is 0 Å². The van der Waals surface area contributed by atoms with E-state index in [1.54, 1.807) is 18.3 Å². The van der Waals surface area contributed by atoms with Crippen LogP contribution < -0.4 is 4.90 Å². The first-order valence-electron chi connectivity index (χ1n) is 7.82. The Balaban J connectivity index is 1.67. The highest BCUT2D eigenvalue weighted by atomic mass is 32.2. The van der Waals surface area contributed by atoms with Gasteiger partial charge in [0.15, 0.2) is 0 Å². The van der Waals surface area contributed by atoms with E-state index in [1.165, 1.54) is 28.6 Å². The van der Waals surface area contributed by atoms with Crippen molar-refractivity contribution in [1.29, 1.82) is 5.26 Å². The Bertz CT molecular complexity index is 886. The number of pyridine rings is 1. The third-order valence-electron chi connectivity index (χ3n) is 4.10. The lowest BCUT2D eigenvalue weighted by atomic mass is 10.2. The Labute approximate surface area is 146 Å². The zero-order valence-electron chi connectivity index (χ0n) is 13.5. The lowest BCUT2D eigenvalue weighted by Crippen LogP contribution is -2.49. The second-order valence-corrected chi connectivity index (χ2v) is 7.72. The number of hydrogen-bond acceptors (Lipinski definition) is 5. The monoisotopic (exact) mass is 360 g/mol. The summed E-state index contributed by atoms with van der Waals surface area (Å²) in [4.78, 5) is 6.16. The Hall–Kier alpha value is -2.50. The number of rotatable bonds is 4. The highest BCUT2D eigenvalue weighted by molar-refractivity contribution is 7.88. The number of nitriles is 1. The molecule has 1 aromatic carbocycles. The summed E-state index contributed by atoms with van der Waals surface area (Å²) in [6, 6.07) is 11.0. The summed E-state index contributed by atoms with van der Waals surface area (Å²) in [5.41, 5.74) is 1.03. The van der Waals surface area contributed by atoms with E-state index in [9.17, 15) is 12.8 Å². The Kier molecular flexibility index (Phi) is 4.97. The molecule has 0 aliphatic carbocycles. The van der Waals surface area contributed by atoms with Gasteiger partial charge in [-0.2, -0.15) is 9.57 Å². The van der Waals surface area contributed by atoms with Crippen LogP contribution in [-0.4, -0.2) is 43.9 Å². The molecule has 0 saturated carbocycles. The molecule has 0 amide bonds. The molecule has 1 aliphatic heterocycles. The van der Waals surface area contributed by atoms with Gasteiger partial charge in [-0.25, -0.2) is 17.8 Å². The molecule has 6 nitrogen and oxygen atoms in total. The first-order chi connectivity index (χ1) is 12.0. The van der Waals surface area contributed by atoms with Crippen LogP contribution in [0.15, 0.2) is 42.6 Å². The van der Waals surface area contributed by atoms with Crippen LogP contribution in [0.2, 0.25) is 0 Å². The minimum atomic E-state index is -3.47. The molecule has 130 valence electrons. The fourth-order valence-corrected chi connectivity index (χ4v) is 4.31. The van der Waals surface area contributed by atoms with Gasteiger partial charge in [0.1, 0.15) is 17.7 Å². The fourth-order valence-electron chi connectivity index (χ4n) is 2.80. The predicted molar refractivity (Wildman–Crippen MR) is 91.8 cm³/mol. The number of sulfonamides is 1. The summed E-state index contributed by atoms with van der Waals surface area (Å²) >= 11 is 0. The number of aromatic nitrogens is 1. The van der Waals surface area contributed by atoms with Gasteiger partial charge in [0.25, 0.3) is 0 Å². The summed E-state index contributed by atoms with van der Waals surface area (Å²) in [5, 5.41) is 9.16.